The minimum absolute atomic E-state index is 0.0230. The van der Waals surface area contributed by atoms with Crippen LogP contribution in [0, 0.1) is 5.92 Å². The molecule has 0 aromatic rings. The molecule has 1 saturated heterocycles. The van der Waals surface area contributed by atoms with Gasteiger partial charge in [0, 0.05) is 26.2 Å². The highest BCUT2D eigenvalue weighted by Gasteiger charge is 2.32. The molecule has 3 N–H and O–H groups in total. The Balaban J connectivity index is 1.99. The fraction of sp³-hybridized carbons (Fsp3) is 0.929. The van der Waals surface area contributed by atoms with E-state index in [1.54, 1.807) is 0 Å². The lowest BCUT2D eigenvalue weighted by Gasteiger charge is -2.38. The van der Waals surface area contributed by atoms with Gasteiger partial charge in [-0.2, -0.15) is 0 Å². The van der Waals surface area contributed by atoms with Gasteiger partial charge in [-0.3, -0.25) is 9.69 Å². The Hall–Kier alpha value is -0.610. The van der Waals surface area contributed by atoms with Gasteiger partial charge < -0.3 is 11.1 Å². The van der Waals surface area contributed by atoms with Gasteiger partial charge in [-0.15, -0.1) is 0 Å². The van der Waals surface area contributed by atoms with Crippen LogP contribution in [0.2, 0.25) is 0 Å². The summed E-state index contributed by atoms with van der Waals surface area (Å²) in [5.74, 6) is 0.378. The number of nitrogens with zero attached hydrogens (tertiary/aromatic N) is 1. The van der Waals surface area contributed by atoms with E-state index in [0.717, 1.165) is 26.2 Å². The molecule has 0 aromatic heterocycles. The summed E-state index contributed by atoms with van der Waals surface area (Å²) < 4.78 is 0. The molecule has 0 bridgehead atoms. The second kappa shape index (κ2) is 7.10. The Labute approximate surface area is 110 Å². The van der Waals surface area contributed by atoms with Gasteiger partial charge in [-0.05, 0) is 18.8 Å². The molecule has 1 amide bonds. The van der Waals surface area contributed by atoms with Crippen LogP contribution < -0.4 is 11.1 Å². The number of nitrogens with one attached hydrogen (secondary N) is 1. The molecule has 4 heteroatoms. The van der Waals surface area contributed by atoms with Crippen molar-refractivity contribution in [3.8, 4) is 0 Å². The van der Waals surface area contributed by atoms with Crippen molar-refractivity contribution in [1.82, 2.24) is 10.2 Å². The van der Waals surface area contributed by atoms with Crippen LogP contribution in [0.5, 0.6) is 0 Å². The first kappa shape index (κ1) is 13.8. The van der Waals surface area contributed by atoms with Gasteiger partial charge >= 0.3 is 0 Å². The van der Waals surface area contributed by atoms with Gasteiger partial charge in [0.2, 0.25) is 5.91 Å². The summed E-state index contributed by atoms with van der Waals surface area (Å²) >= 11 is 0. The maximum absolute atomic E-state index is 11.9. The van der Waals surface area contributed by atoms with Crippen LogP contribution in [0.1, 0.15) is 44.9 Å². The number of hydrogen-bond acceptors (Lipinski definition) is 3. The summed E-state index contributed by atoms with van der Waals surface area (Å²) in [7, 11) is 0. The topological polar surface area (TPSA) is 58.4 Å². The monoisotopic (exact) mass is 253 g/mol. The quantitative estimate of drug-likeness (QED) is 0.792. The fourth-order valence-corrected chi connectivity index (χ4v) is 3.47. The highest BCUT2D eigenvalue weighted by atomic mass is 16.1. The van der Waals surface area contributed by atoms with Gasteiger partial charge in [0.25, 0.3) is 0 Å². The van der Waals surface area contributed by atoms with Crippen LogP contribution in [-0.4, -0.2) is 43.0 Å². The van der Waals surface area contributed by atoms with Crippen LogP contribution in [-0.2, 0) is 4.79 Å². The van der Waals surface area contributed by atoms with Crippen molar-refractivity contribution in [2.45, 2.75) is 51.0 Å². The van der Waals surface area contributed by atoms with Crippen molar-refractivity contribution in [2.75, 3.05) is 26.2 Å². The summed E-state index contributed by atoms with van der Waals surface area (Å²) in [6.07, 6.45) is 8.89. The zero-order valence-corrected chi connectivity index (χ0v) is 11.4. The molecule has 2 rings (SSSR count). The highest BCUT2D eigenvalue weighted by molar-refractivity contribution is 5.80. The molecule has 1 saturated carbocycles. The fourth-order valence-electron chi connectivity index (χ4n) is 3.47. The van der Waals surface area contributed by atoms with Crippen molar-refractivity contribution in [2.24, 2.45) is 11.7 Å². The molecule has 104 valence electrons. The largest absolute Gasteiger partial charge is 0.368 e. The number of amides is 1. The lowest BCUT2D eigenvalue weighted by Crippen LogP contribution is -2.55. The third kappa shape index (κ3) is 3.69. The predicted octanol–water partition coefficient (Wildman–Crippen LogP) is 1.11. The third-order valence-corrected chi connectivity index (χ3v) is 4.43. The van der Waals surface area contributed by atoms with Gasteiger partial charge in [0.05, 0.1) is 6.04 Å². The molecule has 0 radical (unpaired) electrons. The first-order valence-corrected chi connectivity index (χ1v) is 7.53. The summed E-state index contributed by atoms with van der Waals surface area (Å²) in [5.41, 5.74) is 5.69. The summed E-state index contributed by atoms with van der Waals surface area (Å²) in [6, 6.07) is -0.0230. The Kier molecular flexibility index (Phi) is 5.45. The van der Waals surface area contributed by atoms with E-state index in [1.165, 1.54) is 44.9 Å². The number of carbonyl (C=O) groups is 1. The smallest absolute Gasteiger partial charge is 0.235 e. The molecule has 18 heavy (non-hydrogen) atoms. The Morgan fingerprint density at radius 1 is 1.06 bits per heavy atom. The molecule has 1 aliphatic heterocycles. The van der Waals surface area contributed by atoms with E-state index in [0.29, 0.717) is 5.92 Å². The molecule has 1 unspecified atom stereocenters. The molecule has 0 aromatic carbocycles. The predicted molar refractivity (Wildman–Crippen MR) is 73.2 cm³/mol. The zero-order chi connectivity index (χ0) is 12.8. The highest BCUT2D eigenvalue weighted by Crippen LogP contribution is 2.27. The minimum Gasteiger partial charge on any atom is -0.368 e. The second-order valence-corrected chi connectivity index (χ2v) is 5.74. The zero-order valence-electron chi connectivity index (χ0n) is 11.4. The molecule has 0 spiro atoms. The van der Waals surface area contributed by atoms with Crippen molar-refractivity contribution in [1.29, 1.82) is 0 Å². The number of hydrogen-bond donors (Lipinski definition) is 2. The number of primary amides is 1. The van der Waals surface area contributed by atoms with E-state index < -0.39 is 0 Å². The molecular formula is C14H27N3O. The van der Waals surface area contributed by atoms with Crippen molar-refractivity contribution >= 4 is 5.91 Å². The van der Waals surface area contributed by atoms with E-state index in [9.17, 15) is 4.79 Å². The van der Waals surface area contributed by atoms with Gasteiger partial charge in [-0.1, -0.05) is 32.1 Å². The second-order valence-electron chi connectivity index (χ2n) is 5.74. The number of nitrogens with two attached hydrogens (primary N) is 1. The van der Waals surface area contributed by atoms with Gasteiger partial charge in [-0.25, -0.2) is 0 Å². The SMILES string of the molecule is NC(=O)C(C1CCCCCCC1)N1CCNCC1. The Morgan fingerprint density at radius 2 is 1.61 bits per heavy atom. The number of carbonyl (C=O) groups excluding carboxylic acids is 1. The van der Waals surface area contributed by atoms with Crippen LogP contribution >= 0.6 is 0 Å². The van der Waals surface area contributed by atoms with Crippen LogP contribution in [0.15, 0.2) is 0 Å². The van der Waals surface area contributed by atoms with Gasteiger partial charge in [0.1, 0.15) is 0 Å². The lowest BCUT2D eigenvalue weighted by molar-refractivity contribution is -0.125. The number of piperazine rings is 1. The summed E-state index contributed by atoms with van der Waals surface area (Å²) in [4.78, 5) is 14.2. The van der Waals surface area contributed by atoms with E-state index in [4.69, 9.17) is 5.73 Å². The minimum atomic E-state index is -0.109. The maximum Gasteiger partial charge on any atom is 0.235 e. The molecule has 1 aliphatic carbocycles. The van der Waals surface area contributed by atoms with Crippen molar-refractivity contribution in [3.05, 3.63) is 0 Å². The maximum atomic E-state index is 11.9. The van der Waals surface area contributed by atoms with Crippen molar-refractivity contribution < 1.29 is 4.79 Å². The average molecular weight is 253 g/mol. The van der Waals surface area contributed by atoms with Crippen molar-refractivity contribution in [3.63, 3.8) is 0 Å². The average Bonchev–Trinajstić information content (AvgIpc) is 2.33. The molecule has 2 fully saturated rings. The lowest BCUT2D eigenvalue weighted by atomic mass is 9.84. The first-order chi connectivity index (χ1) is 8.79. The van der Waals surface area contributed by atoms with E-state index in [-0.39, 0.29) is 11.9 Å². The molecule has 2 aliphatic rings. The van der Waals surface area contributed by atoms with Crippen LogP contribution in [0.4, 0.5) is 0 Å². The number of rotatable bonds is 3. The standard InChI is InChI=1S/C14H27N3O/c15-14(18)13(17-10-8-16-9-11-17)12-6-4-2-1-3-5-7-12/h12-13,16H,1-11H2,(H2,15,18). The van der Waals surface area contributed by atoms with Gasteiger partial charge in [0.15, 0.2) is 0 Å². The Bertz CT molecular complexity index is 256. The molecular weight excluding hydrogens is 226 g/mol. The Morgan fingerprint density at radius 3 is 2.17 bits per heavy atom. The summed E-state index contributed by atoms with van der Waals surface area (Å²) in [5, 5.41) is 3.34. The van der Waals surface area contributed by atoms with E-state index in [1.807, 2.05) is 0 Å². The normalized spacial score (nSPS) is 26.2. The van der Waals surface area contributed by atoms with E-state index >= 15 is 0 Å². The van der Waals surface area contributed by atoms with Crippen LogP contribution in [0.25, 0.3) is 0 Å². The molecule has 1 atom stereocenters. The molecule has 4 nitrogen and oxygen atoms in total. The first-order valence-electron chi connectivity index (χ1n) is 7.53. The van der Waals surface area contributed by atoms with E-state index in [2.05, 4.69) is 10.2 Å². The van der Waals surface area contributed by atoms with Crippen LogP contribution in [0.3, 0.4) is 0 Å². The summed E-state index contributed by atoms with van der Waals surface area (Å²) in [6.45, 7) is 3.89. The molecule has 1 heterocycles. The third-order valence-electron chi connectivity index (χ3n) is 4.43.